The summed E-state index contributed by atoms with van der Waals surface area (Å²) < 4.78 is 6.04. The summed E-state index contributed by atoms with van der Waals surface area (Å²) in [6.45, 7) is 1.83. The van der Waals surface area contributed by atoms with E-state index in [-0.39, 0.29) is 47.5 Å². The zero-order valence-electron chi connectivity index (χ0n) is 25.4. The van der Waals surface area contributed by atoms with Gasteiger partial charge >= 0.3 is 7.12 Å². The van der Waals surface area contributed by atoms with Crippen LogP contribution in [0.4, 0.5) is 11.4 Å². The summed E-state index contributed by atoms with van der Waals surface area (Å²) in [5.41, 5.74) is 1.99. The maximum absolute atomic E-state index is 14.6. The average Bonchev–Trinajstić information content (AvgIpc) is 3.44. The third-order valence-corrected chi connectivity index (χ3v) is 10.9. The number of nitrogens with zero attached hydrogens (tertiary/aromatic N) is 2. The Hall–Kier alpha value is -5.00. The van der Waals surface area contributed by atoms with Gasteiger partial charge in [-0.1, -0.05) is 42.0 Å². The van der Waals surface area contributed by atoms with Crippen LogP contribution in [0.1, 0.15) is 25.3 Å². The molecule has 5 aliphatic rings. The summed E-state index contributed by atoms with van der Waals surface area (Å²) >= 11 is 0. The molecule has 10 nitrogen and oxygen atoms in total. The molecular formula is C36H31BN2O8. The van der Waals surface area contributed by atoms with Crippen molar-refractivity contribution < 1.29 is 39.1 Å². The third kappa shape index (κ3) is 4.19. The first-order chi connectivity index (χ1) is 22.6. The van der Waals surface area contributed by atoms with E-state index in [1.165, 1.54) is 23.1 Å². The maximum Gasteiger partial charge on any atom is 0.488 e. The van der Waals surface area contributed by atoms with Crippen molar-refractivity contribution in [1.82, 2.24) is 0 Å². The van der Waals surface area contributed by atoms with E-state index in [9.17, 15) is 34.3 Å². The molecule has 3 aromatic rings. The summed E-state index contributed by atoms with van der Waals surface area (Å²) in [7, 11) is -1.77. The quantitative estimate of drug-likeness (QED) is 0.227. The predicted octanol–water partition coefficient (Wildman–Crippen LogP) is 2.86. The summed E-state index contributed by atoms with van der Waals surface area (Å²) in [6.07, 6.45) is 4.44. The third-order valence-electron chi connectivity index (χ3n) is 10.9. The molecule has 3 heterocycles. The summed E-state index contributed by atoms with van der Waals surface area (Å²) in [4.78, 5) is 59.4. The number of imide groups is 2. The summed E-state index contributed by atoms with van der Waals surface area (Å²) in [6, 6.07) is 19.7. The molecule has 0 radical (unpaired) electrons. The minimum absolute atomic E-state index is 0.0780. The van der Waals surface area contributed by atoms with Crippen LogP contribution < -0.4 is 20.0 Å². The fourth-order valence-electron chi connectivity index (χ4n) is 8.75. The Labute approximate surface area is 270 Å². The van der Waals surface area contributed by atoms with Crippen molar-refractivity contribution in [2.75, 3.05) is 9.80 Å². The molecule has 3 aliphatic heterocycles. The predicted molar refractivity (Wildman–Crippen MR) is 171 cm³/mol. The van der Waals surface area contributed by atoms with Crippen molar-refractivity contribution in [1.29, 1.82) is 0 Å². The van der Waals surface area contributed by atoms with Crippen LogP contribution in [0.25, 0.3) is 0 Å². The highest BCUT2D eigenvalue weighted by molar-refractivity contribution is 6.58. The lowest BCUT2D eigenvalue weighted by atomic mass is 9.51. The van der Waals surface area contributed by atoms with Crippen LogP contribution in [0.15, 0.2) is 96.3 Å². The lowest BCUT2D eigenvalue weighted by molar-refractivity contribution is -0.132. The van der Waals surface area contributed by atoms with Gasteiger partial charge in [-0.15, -0.1) is 0 Å². The van der Waals surface area contributed by atoms with Crippen LogP contribution in [0.3, 0.4) is 0 Å². The number of para-hydroxylation sites is 1. The lowest BCUT2D eigenvalue weighted by Crippen LogP contribution is -2.51. The van der Waals surface area contributed by atoms with Crippen molar-refractivity contribution in [3.63, 3.8) is 0 Å². The highest BCUT2D eigenvalue weighted by Gasteiger charge is 2.68. The Morgan fingerprint density at radius 1 is 0.851 bits per heavy atom. The molecular weight excluding hydrogens is 599 g/mol. The standard InChI is InChI=1S/C36H31BN2O8/c1-36-28(33(42)39(35(36)44)22-7-3-2-4-8-22)17-27-25(31(36)20-14-19-15-24(40)10-13-29(19)47-18-20)11-12-26-30(27)34(43)38(32(26)41)23-9-5-6-21(16-23)37(45)46/h2-11,13,15-16,18,26-28,30-31,40,45-46H,12,14,17H2,1H3. The van der Waals surface area contributed by atoms with E-state index >= 15 is 0 Å². The first kappa shape index (κ1) is 29.4. The maximum atomic E-state index is 14.6. The molecule has 2 saturated heterocycles. The molecule has 0 spiro atoms. The van der Waals surface area contributed by atoms with Crippen LogP contribution in [-0.4, -0.2) is 45.9 Å². The van der Waals surface area contributed by atoms with Gasteiger partial charge in [0.05, 0.1) is 40.8 Å². The minimum atomic E-state index is -1.77. The normalized spacial score (nSPS) is 29.4. The Morgan fingerprint density at radius 3 is 2.38 bits per heavy atom. The van der Waals surface area contributed by atoms with Gasteiger partial charge in [-0.25, -0.2) is 4.90 Å². The number of phenols is 1. The van der Waals surface area contributed by atoms with Crippen LogP contribution in [0, 0.1) is 35.0 Å². The van der Waals surface area contributed by atoms with Crippen LogP contribution in [-0.2, 0) is 25.6 Å². The van der Waals surface area contributed by atoms with Gasteiger partial charge in [0.1, 0.15) is 11.5 Å². The van der Waals surface area contributed by atoms with E-state index in [1.807, 2.05) is 19.1 Å². The van der Waals surface area contributed by atoms with E-state index in [0.29, 0.717) is 17.9 Å². The fourth-order valence-corrected chi connectivity index (χ4v) is 8.75. The molecule has 1 saturated carbocycles. The smallest absolute Gasteiger partial charge is 0.488 e. The number of amides is 4. The average molecular weight is 630 g/mol. The second kappa shape index (κ2) is 10.5. The SMILES string of the molecule is CC12C(=O)N(c3ccccc3)C(=O)C1CC1C(=CCC3C(=O)N(c4cccc(B(O)O)c4)C(=O)C31)C2C1=COc2ccc(O)cc2C1. The van der Waals surface area contributed by atoms with E-state index < -0.39 is 48.0 Å². The number of phenolic OH excluding ortho intramolecular Hbond substituents is 1. The lowest BCUT2D eigenvalue weighted by Gasteiger charge is -2.49. The van der Waals surface area contributed by atoms with Gasteiger partial charge in [-0.3, -0.25) is 24.1 Å². The number of hydrogen-bond acceptors (Lipinski definition) is 8. The Kier molecular flexibility index (Phi) is 6.58. The number of rotatable bonds is 4. The van der Waals surface area contributed by atoms with Gasteiger partial charge < -0.3 is 19.9 Å². The zero-order valence-corrected chi connectivity index (χ0v) is 25.4. The number of anilines is 2. The highest BCUT2D eigenvalue weighted by Crippen LogP contribution is 2.63. The van der Waals surface area contributed by atoms with Gasteiger partial charge in [0.15, 0.2) is 0 Å². The molecule has 2 aliphatic carbocycles. The monoisotopic (exact) mass is 630 g/mol. The van der Waals surface area contributed by atoms with Gasteiger partial charge in [-0.05, 0) is 79.2 Å². The molecule has 3 N–H and O–H groups in total. The molecule has 47 heavy (non-hydrogen) atoms. The summed E-state index contributed by atoms with van der Waals surface area (Å²) in [5, 5.41) is 29.7. The molecule has 0 bridgehead atoms. The number of ether oxygens (including phenoxy) is 1. The van der Waals surface area contributed by atoms with E-state index in [1.54, 1.807) is 54.8 Å². The number of aromatic hydroxyl groups is 1. The molecule has 3 fully saturated rings. The Balaban J connectivity index is 1.24. The largest absolute Gasteiger partial charge is 0.508 e. The van der Waals surface area contributed by atoms with Crippen molar-refractivity contribution in [3.05, 3.63) is 102 Å². The van der Waals surface area contributed by atoms with Gasteiger partial charge in [-0.2, -0.15) is 0 Å². The number of fused-ring (bicyclic) bond motifs is 5. The van der Waals surface area contributed by atoms with Crippen molar-refractivity contribution >= 4 is 47.6 Å². The second-order valence-electron chi connectivity index (χ2n) is 13.3. The van der Waals surface area contributed by atoms with Crippen molar-refractivity contribution in [3.8, 4) is 11.5 Å². The number of carbonyl (C=O) groups excluding carboxylic acids is 4. The van der Waals surface area contributed by atoms with Crippen LogP contribution in [0.5, 0.6) is 11.5 Å². The minimum Gasteiger partial charge on any atom is -0.508 e. The van der Waals surface area contributed by atoms with Crippen molar-refractivity contribution in [2.24, 2.45) is 35.0 Å². The molecule has 3 aromatic carbocycles. The van der Waals surface area contributed by atoms with Gasteiger partial charge in [0.25, 0.3) is 0 Å². The first-order valence-electron chi connectivity index (χ1n) is 15.7. The fraction of sp³-hybridized carbons (Fsp3) is 0.278. The number of carbonyl (C=O) groups is 4. The first-order valence-corrected chi connectivity index (χ1v) is 15.7. The van der Waals surface area contributed by atoms with E-state index in [0.717, 1.165) is 21.6 Å². The van der Waals surface area contributed by atoms with Crippen LogP contribution >= 0.6 is 0 Å². The molecule has 8 rings (SSSR count). The second-order valence-corrected chi connectivity index (χ2v) is 13.3. The van der Waals surface area contributed by atoms with Crippen molar-refractivity contribution in [2.45, 2.75) is 26.2 Å². The van der Waals surface area contributed by atoms with E-state index in [2.05, 4.69) is 0 Å². The number of hydrogen-bond donors (Lipinski definition) is 3. The van der Waals surface area contributed by atoms with Gasteiger partial charge in [0, 0.05) is 17.9 Å². The topological polar surface area (TPSA) is 145 Å². The molecule has 6 atom stereocenters. The zero-order chi connectivity index (χ0) is 32.8. The molecule has 11 heteroatoms. The molecule has 0 aromatic heterocycles. The summed E-state index contributed by atoms with van der Waals surface area (Å²) in [5.74, 6) is -4.15. The highest BCUT2D eigenvalue weighted by atomic mass is 16.5. The van der Waals surface area contributed by atoms with Gasteiger partial charge in [0.2, 0.25) is 23.6 Å². The Bertz CT molecular complexity index is 1940. The van der Waals surface area contributed by atoms with Crippen LogP contribution in [0.2, 0.25) is 0 Å². The number of allylic oxidation sites excluding steroid dienone is 3. The molecule has 236 valence electrons. The number of benzene rings is 3. The molecule has 4 amide bonds. The van der Waals surface area contributed by atoms with E-state index in [4.69, 9.17) is 4.74 Å². The Morgan fingerprint density at radius 2 is 1.62 bits per heavy atom. The molecule has 6 unspecified atom stereocenters.